The molecule has 0 aliphatic carbocycles. The summed E-state index contributed by atoms with van der Waals surface area (Å²) in [6.07, 6.45) is 1.31. The third kappa shape index (κ3) is 2.14. The molecular formula is C23H15F2N5. The van der Waals surface area contributed by atoms with Crippen molar-refractivity contribution in [1.29, 1.82) is 0 Å². The molecule has 1 aliphatic heterocycles. The van der Waals surface area contributed by atoms with Crippen molar-refractivity contribution in [3.63, 3.8) is 0 Å². The van der Waals surface area contributed by atoms with Gasteiger partial charge in [-0.1, -0.05) is 32.0 Å². The number of fused-ring (bicyclic) bond motifs is 5. The Morgan fingerprint density at radius 1 is 0.867 bits per heavy atom. The summed E-state index contributed by atoms with van der Waals surface area (Å²) in [5, 5.41) is 1.90. The van der Waals surface area contributed by atoms with E-state index in [0.717, 1.165) is 33.1 Å². The molecule has 0 fully saturated rings. The number of hydrogen-bond donors (Lipinski definition) is 0. The van der Waals surface area contributed by atoms with Crippen molar-refractivity contribution in [3.8, 4) is 17.1 Å². The van der Waals surface area contributed by atoms with Gasteiger partial charge in [-0.15, -0.1) is 0 Å². The fourth-order valence-corrected chi connectivity index (χ4v) is 4.64. The number of rotatable bonds is 1. The van der Waals surface area contributed by atoms with Crippen LogP contribution in [0, 0.1) is 12.2 Å². The summed E-state index contributed by atoms with van der Waals surface area (Å²) in [4.78, 5) is 14.8. The van der Waals surface area contributed by atoms with Crippen LogP contribution < -0.4 is 0 Å². The minimum Gasteiger partial charge on any atom is -0.309 e. The lowest BCUT2D eigenvalue weighted by Gasteiger charge is -2.35. The lowest BCUT2D eigenvalue weighted by Crippen LogP contribution is -2.26. The molecule has 7 heteroatoms. The highest BCUT2D eigenvalue weighted by Crippen LogP contribution is 2.48. The van der Waals surface area contributed by atoms with Crippen LogP contribution in [0.2, 0.25) is 0 Å². The van der Waals surface area contributed by atoms with Crippen LogP contribution in [0.1, 0.15) is 25.0 Å². The van der Waals surface area contributed by atoms with E-state index in [0.29, 0.717) is 5.56 Å². The van der Waals surface area contributed by atoms with Gasteiger partial charge in [0, 0.05) is 34.1 Å². The van der Waals surface area contributed by atoms with Gasteiger partial charge in [-0.2, -0.15) is 23.7 Å². The molecule has 0 spiro atoms. The van der Waals surface area contributed by atoms with Gasteiger partial charge in [0.15, 0.2) is 5.82 Å². The fraction of sp³-hybridized carbons (Fsp3) is 0.130. The number of benzene rings is 2. The highest BCUT2D eigenvalue weighted by molar-refractivity contribution is 6.12. The van der Waals surface area contributed by atoms with E-state index in [9.17, 15) is 8.78 Å². The number of nitrogens with zero attached hydrogens (tertiary/aromatic N) is 5. The highest BCUT2D eigenvalue weighted by Gasteiger charge is 2.35. The van der Waals surface area contributed by atoms with E-state index >= 15 is 0 Å². The number of aromatic nitrogens is 5. The van der Waals surface area contributed by atoms with Gasteiger partial charge in [0.2, 0.25) is 0 Å². The molecule has 0 amide bonds. The maximum atomic E-state index is 13.7. The SMILES string of the molecule is CC1(C)c2ccccc2-n2c3ccncc3c3cc(-c4nc(F)nc(F)n4)cc1c32. The molecule has 6 rings (SSSR count). The van der Waals surface area contributed by atoms with Crippen LogP contribution in [-0.4, -0.2) is 24.5 Å². The van der Waals surface area contributed by atoms with Crippen molar-refractivity contribution in [2.24, 2.45) is 0 Å². The molecule has 0 radical (unpaired) electrons. The minimum atomic E-state index is -1.14. The van der Waals surface area contributed by atoms with E-state index in [4.69, 9.17) is 0 Å². The van der Waals surface area contributed by atoms with E-state index in [1.54, 1.807) is 6.20 Å². The Morgan fingerprint density at radius 2 is 1.63 bits per heavy atom. The van der Waals surface area contributed by atoms with E-state index < -0.39 is 12.2 Å². The molecule has 5 nitrogen and oxygen atoms in total. The predicted molar refractivity (Wildman–Crippen MR) is 109 cm³/mol. The zero-order valence-corrected chi connectivity index (χ0v) is 16.2. The maximum Gasteiger partial charge on any atom is 0.314 e. The Bertz CT molecular complexity index is 1480. The summed E-state index contributed by atoms with van der Waals surface area (Å²) in [6, 6.07) is 14.1. The van der Waals surface area contributed by atoms with Gasteiger partial charge in [-0.3, -0.25) is 4.98 Å². The van der Waals surface area contributed by atoms with Gasteiger partial charge in [0.1, 0.15) is 0 Å². The molecule has 0 saturated heterocycles. The van der Waals surface area contributed by atoms with Crippen molar-refractivity contribution in [2.75, 3.05) is 0 Å². The lowest BCUT2D eigenvalue weighted by atomic mass is 9.74. The average molecular weight is 399 g/mol. The molecule has 146 valence electrons. The smallest absolute Gasteiger partial charge is 0.309 e. The Labute approximate surface area is 170 Å². The number of halogens is 2. The molecular weight excluding hydrogens is 384 g/mol. The van der Waals surface area contributed by atoms with E-state index in [-0.39, 0.29) is 11.2 Å². The summed E-state index contributed by atoms with van der Waals surface area (Å²) in [6.45, 7) is 4.30. The Kier molecular flexibility index (Phi) is 3.23. The first-order valence-corrected chi connectivity index (χ1v) is 9.55. The van der Waals surface area contributed by atoms with Crippen LogP contribution in [-0.2, 0) is 5.41 Å². The number of pyridine rings is 1. The quantitative estimate of drug-likeness (QED) is 0.400. The first-order chi connectivity index (χ1) is 14.4. The largest absolute Gasteiger partial charge is 0.314 e. The molecule has 30 heavy (non-hydrogen) atoms. The first kappa shape index (κ1) is 17.1. The minimum absolute atomic E-state index is 0.0300. The molecule has 1 aliphatic rings. The van der Waals surface area contributed by atoms with Gasteiger partial charge < -0.3 is 4.57 Å². The Hall–Kier alpha value is -3.74. The third-order valence-corrected chi connectivity index (χ3v) is 5.99. The molecule has 0 bridgehead atoms. The molecule has 0 saturated carbocycles. The van der Waals surface area contributed by atoms with Crippen LogP contribution in [0.3, 0.4) is 0 Å². The summed E-state index contributed by atoms with van der Waals surface area (Å²) in [5.74, 6) is -0.0300. The molecule has 0 unspecified atom stereocenters. The summed E-state index contributed by atoms with van der Waals surface area (Å²) in [5.41, 5.74) is 5.59. The predicted octanol–water partition coefficient (Wildman–Crippen LogP) is 4.95. The van der Waals surface area contributed by atoms with E-state index in [1.165, 1.54) is 5.56 Å². The second kappa shape index (κ2) is 5.66. The van der Waals surface area contributed by atoms with Crippen LogP contribution in [0.15, 0.2) is 54.9 Å². The zero-order chi connectivity index (χ0) is 20.6. The fourth-order valence-electron chi connectivity index (χ4n) is 4.64. The standard InChI is InChI=1S/C23H15F2N5/c1-23(2)15-5-3-4-6-18(15)30-17-7-8-26-11-14(17)13-9-12(10-16(23)19(13)30)20-27-21(24)29-22(25)28-20/h3-11H,1-2H3. The van der Waals surface area contributed by atoms with Gasteiger partial charge in [0.05, 0.1) is 16.7 Å². The van der Waals surface area contributed by atoms with Crippen LogP contribution in [0.4, 0.5) is 8.78 Å². The Balaban J connectivity index is 1.82. The molecule has 3 aromatic heterocycles. The lowest BCUT2D eigenvalue weighted by molar-refractivity contribution is 0.457. The molecule has 5 aromatic rings. The maximum absolute atomic E-state index is 13.7. The number of para-hydroxylation sites is 1. The second-order valence-corrected chi connectivity index (χ2v) is 7.99. The molecule has 0 N–H and O–H groups in total. The summed E-state index contributed by atoms with van der Waals surface area (Å²) in [7, 11) is 0. The van der Waals surface area contributed by atoms with Crippen LogP contribution in [0.5, 0.6) is 0 Å². The van der Waals surface area contributed by atoms with Gasteiger partial charge in [-0.25, -0.2) is 0 Å². The van der Waals surface area contributed by atoms with Gasteiger partial charge in [0.25, 0.3) is 0 Å². The Morgan fingerprint density at radius 3 is 2.43 bits per heavy atom. The van der Waals surface area contributed by atoms with E-state index in [1.807, 2.05) is 36.5 Å². The highest BCUT2D eigenvalue weighted by atomic mass is 19.1. The summed E-state index contributed by atoms with van der Waals surface area (Å²) >= 11 is 0. The van der Waals surface area contributed by atoms with Crippen molar-refractivity contribution in [1.82, 2.24) is 24.5 Å². The van der Waals surface area contributed by atoms with Crippen molar-refractivity contribution >= 4 is 21.8 Å². The van der Waals surface area contributed by atoms with Crippen molar-refractivity contribution in [2.45, 2.75) is 19.3 Å². The van der Waals surface area contributed by atoms with E-state index in [2.05, 4.69) is 50.5 Å². The van der Waals surface area contributed by atoms with Crippen LogP contribution in [0.25, 0.3) is 38.9 Å². The first-order valence-electron chi connectivity index (χ1n) is 9.55. The zero-order valence-electron chi connectivity index (χ0n) is 16.2. The normalized spacial score (nSPS) is 14.3. The van der Waals surface area contributed by atoms with Gasteiger partial charge in [-0.05, 0) is 35.4 Å². The monoisotopic (exact) mass is 399 g/mol. The average Bonchev–Trinajstić information content (AvgIpc) is 3.06. The van der Waals surface area contributed by atoms with Crippen molar-refractivity contribution in [3.05, 3.63) is 78.1 Å². The second-order valence-electron chi connectivity index (χ2n) is 7.99. The number of hydrogen-bond acceptors (Lipinski definition) is 4. The van der Waals surface area contributed by atoms with Gasteiger partial charge >= 0.3 is 12.2 Å². The topological polar surface area (TPSA) is 56.5 Å². The van der Waals surface area contributed by atoms with Crippen molar-refractivity contribution < 1.29 is 8.78 Å². The molecule has 4 heterocycles. The van der Waals surface area contributed by atoms with Crippen LogP contribution >= 0.6 is 0 Å². The third-order valence-electron chi connectivity index (χ3n) is 5.99. The molecule has 0 atom stereocenters. The molecule has 2 aromatic carbocycles. The summed E-state index contributed by atoms with van der Waals surface area (Å²) < 4.78 is 29.7.